The van der Waals surface area contributed by atoms with Crippen LogP contribution in [0.3, 0.4) is 0 Å². The van der Waals surface area contributed by atoms with Crippen molar-refractivity contribution in [3.05, 3.63) is 0 Å². The maximum atomic E-state index is 12.0. The summed E-state index contributed by atoms with van der Waals surface area (Å²) < 4.78 is 5.69. The Balaban J connectivity index is 1.96. The molecule has 2 amide bonds. The lowest BCUT2D eigenvalue weighted by Crippen LogP contribution is -2.56. The molecule has 2 N–H and O–H groups in total. The molecule has 0 aliphatic carbocycles. The fourth-order valence-corrected chi connectivity index (χ4v) is 2.35. The van der Waals surface area contributed by atoms with Crippen molar-refractivity contribution in [1.82, 2.24) is 10.2 Å². The summed E-state index contributed by atoms with van der Waals surface area (Å²) in [4.78, 5) is 32.2. The number of hydrogen-bond donors (Lipinski definition) is 2. The molecule has 0 spiro atoms. The summed E-state index contributed by atoms with van der Waals surface area (Å²) in [7, 11) is 0. The van der Waals surface area contributed by atoms with Crippen molar-refractivity contribution in [3.8, 4) is 0 Å². The molecular weight excluding hydrogens is 276 g/mol. The molecule has 0 aromatic heterocycles. The molecule has 2 rings (SSSR count). The lowest BCUT2D eigenvalue weighted by Gasteiger charge is -2.37. The van der Waals surface area contributed by atoms with Crippen molar-refractivity contribution in [2.45, 2.75) is 31.9 Å². The van der Waals surface area contributed by atoms with Crippen molar-refractivity contribution in [2.75, 3.05) is 26.2 Å². The molecule has 2 heterocycles. The zero-order chi connectivity index (χ0) is 15.2. The van der Waals surface area contributed by atoms with Crippen LogP contribution in [0.5, 0.6) is 0 Å². The molecule has 8 heteroatoms. The number of rotatable bonds is 5. The first-order chi connectivity index (χ1) is 10.1. The second kappa shape index (κ2) is 7.16. The van der Waals surface area contributed by atoms with Crippen LogP contribution in [-0.2, 0) is 9.53 Å². The molecule has 116 valence electrons. The van der Waals surface area contributed by atoms with Crippen molar-refractivity contribution in [1.29, 1.82) is 0 Å². The molecule has 0 bridgehead atoms. The molecule has 2 aliphatic rings. The maximum absolute atomic E-state index is 12.0. The van der Waals surface area contributed by atoms with Gasteiger partial charge in [-0.3, -0.25) is 9.79 Å². The van der Waals surface area contributed by atoms with Gasteiger partial charge in [0, 0.05) is 19.4 Å². The van der Waals surface area contributed by atoms with Gasteiger partial charge in [-0.15, -0.1) is 0 Å². The summed E-state index contributed by atoms with van der Waals surface area (Å²) in [6.45, 7) is 3.57. The SMILES string of the molecule is CCCOC1CN(C(=O)O)CCC1NC(=O)C1=NCC=N1. The number of carboxylic acid groups (broad SMARTS) is 1. The highest BCUT2D eigenvalue weighted by molar-refractivity contribution is 6.40. The van der Waals surface area contributed by atoms with Crippen LogP contribution in [-0.4, -0.2) is 72.4 Å². The smallest absolute Gasteiger partial charge is 0.407 e. The van der Waals surface area contributed by atoms with E-state index in [0.29, 0.717) is 26.1 Å². The molecule has 1 saturated heterocycles. The Bertz CT molecular complexity index is 463. The summed E-state index contributed by atoms with van der Waals surface area (Å²) in [6, 6.07) is -0.224. The molecule has 1 fully saturated rings. The van der Waals surface area contributed by atoms with E-state index in [-0.39, 0.29) is 30.4 Å². The van der Waals surface area contributed by atoms with Crippen LogP contribution in [0.1, 0.15) is 19.8 Å². The molecule has 2 unspecified atom stereocenters. The highest BCUT2D eigenvalue weighted by Crippen LogP contribution is 2.15. The molecule has 0 radical (unpaired) electrons. The number of amidine groups is 1. The standard InChI is InChI=1S/C13H20N4O4/c1-2-7-21-10-8-17(13(19)20)6-3-9(10)16-12(18)11-14-4-5-15-11/h4,9-10H,2-3,5-8H2,1H3,(H,16,18)(H,19,20). The lowest BCUT2D eigenvalue weighted by molar-refractivity contribution is -0.117. The van der Waals surface area contributed by atoms with Gasteiger partial charge in [-0.25, -0.2) is 9.79 Å². The number of hydrogen-bond acceptors (Lipinski definition) is 5. The van der Waals surface area contributed by atoms with Gasteiger partial charge in [-0.1, -0.05) is 6.92 Å². The number of piperidine rings is 1. The number of ether oxygens (including phenoxy) is 1. The van der Waals surface area contributed by atoms with E-state index in [2.05, 4.69) is 15.3 Å². The van der Waals surface area contributed by atoms with Gasteiger partial charge in [0.15, 0.2) is 0 Å². The van der Waals surface area contributed by atoms with E-state index < -0.39 is 6.09 Å². The third-order valence-corrected chi connectivity index (χ3v) is 3.42. The lowest BCUT2D eigenvalue weighted by atomic mass is 10.0. The molecule has 0 saturated carbocycles. The first kappa shape index (κ1) is 15.4. The van der Waals surface area contributed by atoms with Gasteiger partial charge in [0.25, 0.3) is 5.91 Å². The third kappa shape index (κ3) is 4.01. The van der Waals surface area contributed by atoms with Crippen molar-refractivity contribution in [3.63, 3.8) is 0 Å². The molecule has 8 nitrogen and oxygen atoms in total. The van der Waals surface area contributed by atoms with Crippen LogP contribution in [0.4, 0.5) is 4.79 Å². The Labute approximate surface area is 122 Å². The number of nitrogens with one attached hydrogen (secondary N) is 1. The highest BCUT2D eigenvalue weighted by atomic mass is 16.5. The van der Waals surface area contributed by atoms with Crippen LogP contribution >= 0.6 is 0 Å². The van der Waals surface area contributed by atoms with Gasteiger partial charge in [0.05, 0.1) is 25.2 Å². The molecular formula is C13H20N4O4. The Morgan fingerprint density at radius 1 is 1.57 bits per heavy atom. The summed E-state index contributed by atoms with van der Waals surface area (Å²) in [6.07, 6.45) is 1.62. The van der Waals surface area contributed by atoms with Crippen molar-refractivity contribution >= 4 is 24.1 Å². The second-order valence-corrected chi connectivity index (χ2v) is 4.98. The summed E-state index contributed by atoms with van der Waals surface area (Å²) >= 11 is 0. The van der Waals surface area contributed by atoms with Gasteiger partial charge in [-0.05, 0) is 12.8 Å². The molecule has 2 aliphatic heterocycles. The first-order valence-corrected chi connectivity index (χ1v) is 7.09. The number of nitrogens with zero attached hydrogens (tertiary/aromatic N) is 3. The monoisotopic (exact) mass is 296 g/mol. The first-order valence-electron chi connectivity index (χ1n) is 7.09. The van der Waals surface area contributed by atoms with Crippen LogP contribution in [0.25, 0.3) is 0 Å². The van der Waals surface area contributed by atoms with Crippen LogP contribution in [0, 0.1) is 0 Å². The van der Waals surface area contributed by atoms with Crippen LogP contribution in [0.2, 0.25) is 0 Å². The summed E-state index contributed by atoms with van der Waals surface area (Å²) in [5.74, 6) is -0.160. The van der Waals surface area contributed by atoms with Crippen molar-refractivity contribution < 1.29 is 19.4 Å². The normalized spacial score (nSPS) is 24.8. The van der Waals surface area contributed by atoms with E-state index in [1.807, 2.05) is 6.92 Å². The minimum absolute atomic E-state index is 0.171. The zero-order valence-corrected chi connectivity index (χ0v) is 12.0. The topological polar surface area (TPSA) is 104 Å². The zero-order valence-electron chi connectivity index (χ0n) is 12.0. The predicted molar refractivity (Wildman–Crippen MR) is 77.0 cm³/mol. The molecule has 2 atom stereocenters. The van der Waals surface area contributed by atoms with E-state index in [0.717, 1.165) is 6.42 Å². The van der Waals surface area contributed by atoms with Gasteiger partial charge in [0.2, 0.25) is 5.84 Å². The Morgan fingerprint density at radius 2 is 2.38 bits per heavy atom. The number of amides is 2. The number of likely N-dealkylation sites (tertiary alicyclic amines) is 1. The fourth-order valence-electron chi connectivity index (χ4n) is 2.35. The average molecular weight is 296 g/mol. The number of carbonyl (C=O) groups is 2. The quantitative estimate of drug-likeness (QED) is 0.752. The number of carbonyl (C=O) groups excluding carboxylic acids is 1. The fraction of sp³-hybridized carbons (Fsp3) is 0.692. The summed E-state index contributed by atoms with van der Waals surface area (Å²) in [5.41, 5.74) is 0. The van der Waals surface area contributed by atoms with E-state index in [4.69, 9.17) is 9.84 Å². The maximum Gasteiger partial charge on any atom is 0.407 e. The Kier molecular flexibility index (Phi) is 5.26. The Morgan fingerprint density at radius 3 is 3.00 bits per heavy atom. The van der Waals surface area contributed by atoms with E-state index >= 15 is 0 Å². The second-order valence-electron chi connectivity index (χ2n) is 4.98. The van der Waals surface area contributed by atoms with Crippen LogP contribution in [0.15, 0.2) is 9.98 Å². The van der Waals surface area contributed by atoms with Gasteiger partial charge in [0.1, 0.15) is 0 Å². The highest BCUT2D eigenvalue weighted by Gasteiger charge is 2.33. The van der Waals surface area contributed by atoms with Gasteiger partial charge in [-0.2, -0.15) is 0 Å². The summed E-state index contributed by atoms with van der Waals surface area (Å²) in [5, 5.41) is 11.9. The van der Waals surface area contributed by atoms with Crippen LogP contribution < -0.4 is 5.32 Å². The average Bonchev–Trinajstić information content (AvgIpc) is 3.00. The predicted octanol–water partition coefficient (Wildman–Crippen LogP) is 0.133. The van der Waals surface area contributed by atoms with Gasteiger partial charge >= 0.3 is 6.09 Å². The Hall–Kier alpha value is -1.96. The molecule has 0 aromatic carbocycles. The van der Waals surface area contributed by atoms with E-state index in [1.165, 1.54) is 4.90 Å². The van der Waals surface area contributed by atoms with E-state index in [1.54, 1.807) is 6.21 Å². The van der Waals surface area contributed by atoms with Crippen molar-refractivity contribution in [2.24, 2.45) is 9.98 Å². The molecule has 21 heavy (non-hydrogen) atoms. The minimum Gasteiger partial charge on any atom is -0.465 e. The van der Waals surface area contributed by atoms with E-state index in [9.17, 15) is 9.59 Å². The molecule has 0 aromatic rings. The minimum atomic E-state index is -0.963. The number of aliphatic imine (C=N–C) groups is 2. The van der Waals surface area contributed by atoms with Gasteiger partial charge < -0.3 is 20.1 Å². The largest absolute Gasteiger partial charge is 0.465 e. The third-order valence-electron chi connectivity index (χ3n) is 3.42.